The maximum Gasteiger partial charge on any atom is 0.247 e. The van der Waals surface area contributed by atoms with Crippen LogP contribution in [0.25, 0.3) is 22.3 Å². The molecule has 0 atom stereocenters. The van der Waals surface area contributed by atoms with Gasteiger partial charge in [-0.15, -0.1) is 0 Å². The second kappa shape index (κ2) is 8.72. The van der Waals surface area contributed by atoms with Crippen LogP contribution in [0.3, 0.4) is 0 Å². The van der Waals surface area contributed by atoms with Crippen LogP contribution >= 0.6 is 23.5 Å². The second-order valence-corrected chi connectivity index (χ2v) is 13.1. The summed E-state index contributed by atoms with van der Waals surface area (Å²) in [7, 11) is 0. The van der Waals surface area contributed by atoms with E-state index in [0.717, 1.165) is 0 Å². The lowest BCUT2D eigenvalue weighted by atomic mass is 9.36. The molecule has 2 heterocycles. The van der Waals surface area contributed by atoms with Crippen LogP contribution in [0.2, 0.25) is 0 Å². The number of hydrogen-bond acceptors (Lipinski definition) is 2. The lowest BCUT2D eigenvalue weighted by Gasteiger charge is -2.36. The SMILES string of the molecule is CC(C)(C)c1cc2c3c(c1)Sc1c(cccc1-c1ccccc1)B3c1cccc(-c3ccccc3)c1S2. The monoisotopic (exact) mass is 510 g/mol. The Labute approximate surface area is 228 Å². The zero-order valence-corrected chi connectivity index (χ0v) is 22.9. The Bertz CT molecular complexity index is 1540. The molecule has 0 saturated carbocycles. The first-order valence-corrected chi connectivity index (χ1v) is 14.5. The predicted octanol–water partition coefficient (Wildman–Crippen LogP) is 7.76. The number of benzene rings is 5. The number of rotatable bonds is 2. The molecule has 0 amide bonds. The van der Waals surface area contributed by atoms with Crippen LogP contribution in [0.15, 0.2) is 129 Å². The summed E-state index contributed by atoms with van der Waals surface area (Å²) in [6.45, 7) is 7.21. The summed E-state index contributed by atoms with van der Waals surface area (Å²) in [5.74, 6) is 0. The van der Waals surface area contributed by atoms with Gasteiger partial charge in [0.05, 0.1) is 0 Å². The van der Waals surface area contributed by atoms with Crippen LogP contribution in [0.5, 0.6) is 0 Å². The van der Waals surface area contributed by atoms with Gasteiger partial charge in [-0.2, -0.15) is 0 Å². The molecule has 0 unspecified atom stereocenters. The van der Waals surface area contributed by atoms with E-state index in [4.69, 9.17) is 0 Å². The summed E-state index contributed by atoms with van der Waals surface area (Å²) in [4.78, 5) is 5.61. The van der Waals surface area contributed by atoms with Gasteiger partial charge in [0, 0.05) is 19.6 Å². The van der Waals surface area contributed by atoms with Gasteiger partial charge in [-0.25, -0.2) is 0 Å². The fourth-order valence-electron chi connectivity index (χ4n) is 5.67. The van der Waals surface area contributed by atoms with Crippen molar-refractivity contribution < 1.29 is 0 Å². The van der Waals surface area contributed by atoms with Crippen molar-refractivity contribution in [1.29, 1.82) is 0 Å². The quantitative estimate of drug-likeness (QED) is 0.218. The summed E-state index contributed by atoms with van der Waals surface area (Å²) < 4.78 is 0. The number of hydrogen-bond donors (Lipinski definition) is 0. The van der Waals surface area contributed by atoms with Crippen molar-refractivity contribution in [3.8, 4) is 22.3 Å². The highest BCUT2D eigenvalue weighted by atomic mass is 32.2. The Morgan fingerprint density at radius 1 is 0.541 bits per heavy atom. The third-order valence-corrected chi connectivity index (χ3v) is 10.0. The average Bonchev–Trinajstić information content (AvgIpc) is 2.92. The van der Waals surface area contributed by atoms with Crippen molar-refractivity contribution in [2.45, 2.75) is 45.8 Å². The Morgan fingerprint density at radius 3 is 1.43 bits per heavy atom. The molecule has 7 rings (SSSR count). The Morgan fingerprint density at radius 2 is 1.00 bits per heavy atom. The van der Waals surface area contributed by atoms with E-state index in [-0.39, 0.29) is 12.1 Å². The molecular formula is C34H27BS2. The predicted molar refractivity (Wildman–Crippen MR) is 162 cm³/mol. The molecule has 0 radical (unpaired) electrons. The molecule has 0 spiro atoms. The minimum absolute atomic E-state index is 0.0839. The lowest BCUT2D eigenvalue weighted by Crippen LogP contribution is -2.58. The van der Waals surface area contributed by atoms with Gasteiger partial charge in [0.25, 0.3) is 0 Å². The lowest BCUT2D eigenvalue weighted by molar-refractivity contribution is 0.587. The van der Waals surface area contributed by atoms with Crippen molar-refractivity contribution >= 4 is 46.6 Å². The summed E-state index contributed by atoms with van der Waals surface area (Å²) in [6, 6.07) is 40.5. The molecule has 0 bridgehead atoms. The van der Waals surface area contributed by atoms with Crippen LogP contribution < -0.4 is 16.4 Å². The molecule has 2 aliphatic heterocycles. The molecule has 0 aliphatic carbocycles. The fourth-order valence-corrected chi connectivity index (χ4v) is 8.42. The van der Waals surface area contributed by atoms with Crippen molar-refractivity contribution in [2.75, 3.05) is 0 Å². The van der Waals surface area contributed by atoms with E-state index in [1.54, 1.807) is 0 Å². The highest BCUT2D eigenvalue weighted by Crippen LogP contribution is 2.45. The Kier molecular flexibility index (Phi) is 5.42. The van der Waals surface area contributed by atoms with Crippen LogP contribution in [0, 0.1) is 0 Å². The van der Waals surface area contributed by atoms with Crippen LogP contribution in [-0.2, 0) is 5.41 Å². The normalized spacial score (nSPS) is 13.5. The molecule has 37 heavy (non-hydrogen) atoms. The molecular weight excluding hydrogens is 483 g/mol. The average molecular weight is 511 g/mol. The minimum atomic E-state index is 0.0839. The summed E-state index contributed by atoms with van der Waals surface area (Å²) in [6.07, 6.45) is 0. The Balaban J connectivity index is 1.53. The summed E-state index contributed by atoms with van der Waals surface area (Å²) in [5.41, 5.74) is 11.0. The highest BCUT2D eigenvalue weighted by Gasteiger charge is 2.40. The largest absolute Gasteiger partial charge is 0.247 e. The van der Waals surface area contributed by atoms with Gasteiger partial charge in [-0.3, -0.25) is 0 Å². The zero-order valence-electron chi connectivity index (χ0n) is 21.3. The van der Waals surface area contributed by atoms with E-state index in [1.165, 1.54) is 63.8 Å². The van der Waals surface area contributed by atoms with Gasteiger partial charge in [0.15, 0.2) is 0 Å². The molecule has 0 fully saturated rings. The highest BCUT2D eigenvalue weighted by molar-refractivity contribution is 8.01. The second-order valence-electron chi connectivity index (χ2n) is 11.0. The standard InChI is InChI=1S/C34H27BS2/c1-34(2,3)24-20-29-31-30(21-24)37-33-26(23-14-8-5-9-15-23)17-11-19-28(33)35(31)27-18-10-16-25(32(27)36-29)22-12-6-4-7-13-22/h4-21H,1-3H3. The van der Waals surface area contributed by atoms with Crippen molar-refractivity contribution in [1.82, 2.24) is 0 Å². The van der Waals surface area contributed by atoms with Gasteiger partial charge in [0.1, 0.15) is 0 Å². The van der Waals surface area contributed by atoms with E-state index < -0.39 is 0 Å². The molecule has 0 nitrogen and oxygen atoms in total. The number of fused-ring (bicyclic) bond motifs is 4. The van der Waals surface area contributed by atoms with Gasteiger partial charge in [-0.05, 0) is 50.8 Å². The fraction of sp³-hybridized carbons (Fsp3) is 0.118. The van der Waals surface area contributed by atoms with Crippen LogP contribution in [0.4, 0.5) is 0 Å². The molecule has 178 valence electrons. The molecule has 0 N–H and O–H groups in total. The first-order chi connectivity index (χ1) is 18.0. The third kappa shape index (κ3) is 3.79. The van der Waals surface area contributed by atoms with E-state index in [2.05, 4.69) is 130 Å². The van der Waals surface area contributed by atoms with Crippen molar-refractivity contribution in [3.05, 3.63) is 115 Å². The molecule has 5 aromatic carbocycles. The van der Waals surface area contributed by atoms with Gasteiger partial charge >= 0.3 is 0 Å². The maximum atomic E-state index is 2.47. The maximum absolute atomic E-state index is 2.47. The molecule has 0 saturated heterocycles. The first-order valence-electron chi connectivity index (χ1n) is 12.9. The molecule has 5 aromatic rings. The van der Waals surface area contributed by atoms with E-state index in [0.29, 0.717) is 0 Å². The van der Waals surface area contributed by atoms with Crippen molar-refractivity contribution in [3.63, 3.8) is 0 Å². The van der Waals surface area contributed by atoms with E-state index in [1.807, 2.05) is 23.5 Å². The summed E-state index contributed by atoms with van der Waals surface area (Å²) >= 11 is 3.93. The molecule has 3 heteroatoms. The molecule has 2 aliphatic rings. The van der Waals surface area contributed by atoms with E-state index in [9.17, 15) is 0 Å². The van der Waals surface area contributed by atoms with Crippen LogP contribution in [-0.4, -0.2) is 6.71 Å². The third-order valence-electron chi connectivity index (χ3n) is 7.57. The summed E-state index contributed by atoms with van der Waals surface area (Å²) in [5, 5.41) is 0. The zero-order chi connectivity index (χ0) is 25.1. The van der Waals surface area contributed by atoms with Gasteiger partial charge < -0.3 is 0 Å². The molecule has 0 aromatic heterocycles. The Hall–Kier alpha value is -3.14. The minimum Gasteiger partial charge on any atom is -0.0905 e. The van der Waals surface area contributed by atoms with E-state index >= 15 is 0 Å². The van der Waals surface area contributed by atoms with Gasteiger partial charge in [-0.1, -0.05) is 152 Å². The first kappa shape index (κ1) is 23.0. The smallest absolute Gasteiger partial charge is 0.0905 e. The topological polar surface area (TPSA) is 0 Å². The van der Waals surface area contributed by atoms with Gasteiger partial charge in [0.2, 0.25) is 6.71 Å². The van der Waals surface area contributed by atoms with Crippen molar-refractivity contribution in [2.24, 2.45) is 0 Å². The van der Waals surface area contributed by atoms with Crippen LogP contribution in [0.1, 0.15) is 26.3 Å².